The van der Waals surface area contributed by atoms with E-state index in [0.29, 0.717) is 5.52 Å². The molecular weight excluding hydrogens is 222 g/mol. The fraction of sp³-hybridized carbons (Fsp3) is 0.364. The molecule has 0 bridgehead atoms. The molecule has 6 heteroatoms. The summed E-state index contributed by atoms with van der Waals surface area (Å²) in [5, 5.41) is 13.0. The van der Waals surface area contributed by atoms with Crippen LogP contribution in [0.4, 0.5) is 0 Å². The highest BCUT2D eigenvalue weighted by molar-refractivity contribution is 5.73. The van der Waals surface area contributed by atoms with E-state index < -0.39 is 11.4 Å². The molecule has 0 aliphatic rings. The average Bonchev–Trinajstić information content (AvgIpc) is 2.70. The van der Waals surface area contributed by atoms with Gasteiger partial charge in [-0.1, -0.05) is 0 Å². The van der Waals surface area contributed by atoms with Crippen molar-refractivity contribution in [3.63, 3.8) is 0 Å². The summed E-state index contributed by atoms with van der Waals surface area (Å²) < 4.78 is 2.86. The van der Waals surface area contributed by atoms with Crippen LogP contribution in [0.1, 0.15) is 13.8 Å². The van der Waals surface area contributed by atoms with Gasteiger partial charge in [-0.2, -0.15) is 5.10 Å². The maximum atomic E-state index is 12.0. The third-order valence-electron chi connectivity index (χ3n) is 2.68. The summed E-state index contributed by atoms with van der Waals surface area (Å²) in [5.41, 5.74) is -0.782. The predicted octanol–water partition coefficient (Wildman–Crippen LogP) is 0.607. The Morgan fingerprint density at radius 3 is 2.82 bits per heavy atom. The third kappa shape index (κ3) is 1.93. The molecule has 0 spiro atoms. The van der Waals surface area contributed by atoms with Gasteiger partial charge in [-0.05, 0) is 19.9 Å². The van der Waals surface area contributed by atoms with Gasteiger partial charge in [0.15, 0.2) is 0 Å². The molecule has 2 aromatic heterocycles. The van der Waals surface area contributed by atoms with E-state index >= 15 is 0 Å². The number of hydrogen-bond donors (Lipinski definition) is 1. The first kappa shape index (κ1) is 11.4. The van der Waals surface area contributed by atoms with Crippen LogP contribution in [-0.2, 0) is 11.3 Å². The zero-order valence-corrected chi connectivity index (χ0v) is 9.62. The van der Waals surface area contributed by atoms with Crippen molar-refractivity contribution in [1.29, 1.82) is 0 Å². The molecular formula is C11H13N3O3. The molecule has 0 amide bonds. The standard InChI is InChI=1S/C11H13N3O3/c1-11(2,10(16)17)7-13-5-6-14-8(9(13)15)3-4-12-14/h3-6H,7H2,1-2H3,(H,16,17). The first-order valence-electron chi connectivity index (χ1n) is 5.18. The van der Waals surface area contributed by atoms with Crippen molar-refractivity contribution in [2.24, 2.45) is 5.41 Å². The Hall–Kier alpha value is -2.11. The largest absolute Gasteiger partial charge is 0.481 e. The van der Waals surface area contributed by atoms with Gasteiger partial charge in [0, 0.05) is 18.9 Å². The van der Waals surface area contributed by atoms with Crippen LogP contribution in [0.15, 0.2) is 29.5 Å². The molecule has 0 saturated carbocycles. The van der Waals surface area contributed by atoms with Gasteiger partial charge in [-0.15, -0.1) is 0 Å². The van der Waals surface area contributed by atoms with Crippen molar-refractivity contribution in [1.82, 2.24) is 14.2 Å². The number of carboxylic acids is 1. The van der Waals surface area contributed by atoms with E-state index in [1.54, 1.807) is 32.3 Å². The molecule has 0 aliphatic carbocycles. The number of aromatic nitrogens is 3. The highest BCUT2D eigenvalue weighted by Crippen LogP contribution is 2.17. The van der Waals surface area contributed by atoms with Crippen LogP contribution < -0.4 is 5.56 Å². The van der Waals surface area contributed by atoms with Gasteiger partial charge < -0.3 is 9.67 Å². The quantitative estimate of drug-likeness (QED) is 0.845. The second-order valence-electron chi connectivity index (χ2n) is 4.58. The molecule has 0 aromatic carbocycles. The van der Waals surface area contributed by atoms with Crippen molar-refractivity contribution in [3.05, 3.63) is 35.0 Å². The zero-order valence-electron chi connectivity index (χ0n) is 9.62. The Kier molecular flexibility index (Phi) is 2.49. The van der Waals surface area contributed by atoms with Crippen molar-refractivity contribution < 1.29 is 9.90 Å². The lowest BCUT2D eigenvalue weighted by atomic mass is 9.94. The van der Waals surface area contributed by atoms with E-state index in [0.717, 1.165) is 0 Å². The molecule has 0 unspecified atom stereocenters. The Bertz CT molecular complexity index is 624. The maximum Gasteiger partial charge on any atom is 0.310 e. The first-order chi connectivity index (χ1) is 7.92. The number of aliphatic carboxylic acids is 1. The summed E-state index contributed by atoms with van der Waals surface area (Å²) in [4.78, 5) is 23.0. The number of carbonyl (C=O) groups is 1. The lowest BCUT2D eigenvalue weighted by Gasteiger charge is -2.20. The topological polar surface area (TPSA) is 76.6 Å². The molecule has 0 radical (unpaired) electrons. The van der Waals surface area contributed by atoms with Gasteiger partial charge in [0.05, 0.1) is 11.6 Å². The minimum absolute atomic E-state index is 0.128. The summed E-state index contributed by atoms with van der Waals surface area (Å²) in [6.45, 7) is 3.30. The summed E-state index contributed by atoms with van der Waals surface area (Å²) >= 11 is 0. The molecule has 0 saturated heterocycles. The summed E-state index contributed by atoms with van der Waals surface area (Å²) in [6, 6.07) is 1.60. The van der Waals surface area contributed by atoms with E-state index in [1.165, 1.54) is 15.3 Å². The molecule has 1 N–H and O–H groups in total. The molecule has 0 atom stereocenters. The molecule has 2 heterocycles. The van der Waals surface area contributed by atoms with Crippen LogP contribution in [-0.4, -0.2) is 25.3 Å². The van der Waals surface area contributed by atoms with E-state index in [-0.39, 0.29) is 12.1 Å². The van der Waals surface area contributed by atoms with E-state index in [1.807, 2.05) is 0 Å². The van der Waals surface area contributed by atoms with Gasteiger partial charge in [0.25, 0.3) is 5.56 Å². The Balaban J connectivity index is 2.47. The fourth-order valence-electron chi connectivity index (χ4n) is 1.58. The first-order valence-corrected chi connectivity index (χ1v) is 5.18. The van der Waals surface area contributed by atoms with Gasteiger partial charge in [-0.3, -0.25) is 9.59 Å². The molecule has 6 nitrogen and oxygen atoms in total. The summed E-state index contributed by atoms with van der Waals surface area (Å²) in [6.07, 6.45) is 4.71. The Morgan fingerprint density at radius 2 is 2.18 bits per heavy atom. The predicted molar refractivity (Wildman–Crippen MR) is 60.9 cm³/mol. The number of nitrogens with zero attached hydrogens (tertiary/aromatic N) is 3. The smallest absolute Gasteiger partial charge is 0.310 e. The van der Waals surface area contributed by atoms with Crippen LogP contribution in [0.2, 0.25) is 0 Å². The molecule has 0 aliphatic heterocycles. The van der Waals surface area contributed by atoms with Gasteiger partial charge in [0.1, 0.15) is 5.52 Å². The lowest BCUT2D eigenvalue weighted by Crippen LogP contribution is -2.34. The van der Waals surface area contributed by atoms with Crippen molar-refractivity contribution >= 4 is 11.5 Å². The van der Waals surface area contributed by atoms with Crippen molar-refractivity contribution in [2.75, 3.05) is 0 Å². The van der Waals surface area contributed by atoms with Crippen molar-refractivity contribution in [3.8, 4) is 0 Å². The van der Waals surface area contributed by atoms with E-state index in [9.17, 15) is 9.59 Å². The zero-order chi connectivity index (χ0) is 12.6. The second kappa shape index (κ2) is 3.73. The number of rotatable bonds is 3. The minimum Gasteiger partial charge on any atom is -0.481 e. The van der Waals surface area contributed by atoms with Crippen LogP contribution in [0.3, 0.4) is 0 Å². The maximum absolute atomic E-state index is 12.0. The van der Waals surface area contributed by atoms with Crippen LogP contribution >= 0.6 is 0 Å². The Labute approximate surface area is 97.1 Å². The number of carboxylic acid groups (broad SMARTS) is 1. The second-order valence-corrected chi connectivity index (χ2v) is 4.58. The number of hydrogen-bond acceptors (Lipinski definition) is 3. The fourth-order valence-corrected chi connectivity index (χ4v) is 1.58. The monoisotopic (exact) mass is 235 g/mol. The summed E-state index contributed by atoms with van der Waals surface area (Å²) in [7, 11) is 0. The summed E-state index contributed by atoms with van der Waals surface area (Å²) in [5.74, 6) is -0.933. The van der Waals surface area contributed by atoms with E-state index in [4.69, 9.17) is 5.11 Å². The lowest BCUT2D eigenvalue weighted by molar-refractivity contribution is -0.147. The van der Waals surface area contributed by atoms with Gasteiger partial charge >= 0.3 is 5.97 Å². The normalized spacial score (nSPS) is 11.9. The van der Waals surface area contributed by atoms with Gasteiger partial charge in [0.2, 0.25) is 0 Å². The Morgan fingerprint density at radius 1 is 1.47 bits per heavy atom. The highest BCUT2D eigenvalue weighted by Gasteiger charge is 2.28. The number of fused-ring (bicyclic) bond motifs is 1. The highest BCUT2D eigenvalue weighted by atomic mass is 16.4. The molecule has 2 aromatic rings. The molecule has 2 rings (SSSR count). The SMILES string of the molecule is CC(C)(Cn1ccn2nccc2c1=O)C(=O)O. The molecule has 90 valence electrons. The van der Waals surface area contributed by atoms with Crippen molar-refractivity contribution in [2.45, 2.75) is 20.4 Å². The van der Waals surface area contributed by atoms with Gasteiger partial charge in [-0.25, -0.2) is 4.52 Å². The van der Waals surface area contributed by atoms with E-state index in [2.05, 4.69) is 5.10 Å². The van der Waals surface area contributed by atoms with Crippen LogP contribution in [0, 0.1) is 5.41 Å². The average molecular weight is 235 g/mol. The van der Waals surface area contributed by atoms with Crippen LogP contribution in [0.5, 0.6) is 0 Å². The molecule has 0 fully saturated rings. The minimum atomic E-state index is -0.984. The van der Waals surface area contributed by atoms with Crippen LogP contribution in [0.25, 0.3) is 5.52 Å². The molecule has 17 heavy (non-hydrogen) atoms. The third-order valence-corrected chi connectivity index (χ3v) is 2.68.